The Morgan fingerprint density at radius 3 is 1.79 bits per heavy atom. The van der Waals surface area contributed by atoms with Crippen LogP contribution in [-0.4, -0.2) is 43.6 Å². The van der Waals surface area contributed by atoms with Crippen molar-refractivity contribution in [1.82, 2.24) is 9.91 Å². The molecule has 5 fully saturated rings. The highest BCUT2D eigenvalue weighted by Gasteiger charge is 2.58. The zero-order chi connectivity index (χ0) is 26.4. The number of amidine groups is 2. The van der Waals surface area contributed by atoms with E-state index in [1.807, 2.05) is 72.8 Å². The smallest absolute Gasteiger partial charge is 0.205 e. The topological polar surface area (TPSA) is 63.8 Å². The van der Waals surface area contributed by atoms with Gasteiger partial charge in [0.25, 0.3) is 0 Å². The van der Waals surface area contributed by atoms with Gasteiger partial charge in [-0.25, -0.2) is 9.98 Å². The number of nitrogens with zero attached hydrogens (tertiary/aromatic N) is 5. The molecule has 6 nitrogen and oxygen atoms in total. The molecule has 0 radical (unpaired) electrons. The maximum absolute atomic E-state index is 10.4. The standard InChI is InChI=1S/C32H31N5OS/c38-28-14-8-7-9-25(28)21-33-37-30(35-27-12-5-2-6-13-27)29(34-26-10-3-1-4-11-26)36(31(37)39)32-18-22-15-23(19-32)17-24(16-22)20-32/h1-14,21-24,38H,15-20H2/b33-21+,34-29?,35-30?. The van der Waals surface area contributed by atoms with E-state index in [9.17, 15) is 5.11 Å². The first-order valence-corrected chi connectivity index (χ1v) is 14.2. The molecule has 0 unspecified atom stereocenters. The van der Waals surface area contributed by atoms with Crippen LogP contribution in [0, 0.1) is 17.8 Å². The van der Waals surface area contributed by atoms with Gasteiger partial charge in [-0.3, -0.25) is 4.90 Å². The fourth-order valence-corrected chi connectivity index (χ4v) is 7.92. The highest BCUT2D eigenvalue weighted by atomic mass is 32.1. The minimum atomic E-state index is -0.0734. The zero-order valence-corrected chi connectivity index (χ0v) is 22.5. The molecule has 1 heterocycles. The van der Waals surface area contributed by atoms with E-state index < -0.39 is 0 Å². The van der Waals surface area contributed by atoms with Crippen LogP contribution in [-0.2, 0) is 0 Å². The lowest BCUT2D eigenvalue weighted by molar-refractivity contribution is -0.0416. The van der Waals surface area contributed by atoms with Crippen molar-refractivity contribution in [2.45, 2.75) is 44.1 Å². The zero-order valence-electron chi connectivity index (χ0n) is 21.7. The van der Waals surface area contributed by atoms with Crippen molar-refractivity contribution in [3.05, 3.63) is 90.5 Å². The Morgan fingerprint density at radius 2 is 1.23 bits per heavy atom. The summed E-state index contributed by atoms with van der Waals surface area (Å²) in [4.78, 5) is 12.6. The summed E-state index contributed by atoms with van der Waals surface area (Å²) in [5.74, 6) is 3.76. The number of thiocarbonyl (C=S) groups is 1. The molecular formula is C32H31N5OS. The van der Waals surface area contributed by atoms with Gasteiger partial charge in [0, 0.05) is 11.1 Å². The van der Waals surface area contributed by atoms with Gasteiger partial charge in [0.15, 0.2) is 5.84 Å². The molecule has 7 heteroatoms. The van der Waals surface area contributed by atoms with Crippen molar-refractivity contribution >= 4 is 46.6 Å². The maximum Gasteiger partial charge on any atom is 0.205 e. The van der Waals surface area contributed by atoms with Crippen molar-refractivity contribution < 1.29 is 5.11 Å². The molecule has 1 N–H and O–H groups in total. The Kier molecular flexibility index (Phi) is 6.04. The molecule has 5 aliphatic rings. The van der Waals surface area contributed by atoms with Gasteiger partial charge in [0.1, 0.15) is 5.75 Å². The largest absolute Gasteiger partial charge is 0.507 e. The number of para-hydroxylation sites is 3. The first-order chi connectivity index (χ1) is 19.1. The predicted octanol–water partition coefficient (Wildman–Crippen LogP) is 7.06. The monoisotopic (exact) mass is 533 g/mol. The molecule has 39 heavy (non-hydrogen) atoms. The van der Waals surface area contributed by atoms with Gasteiger partial charge in [-0.2, -0.15) is 10.1 Å². The van der Waals surface area contributed by atoms with Gasteiger partial charge in [-0.05, 0) is 105 Å². The molecule has 0 aromatic heterocycles. The SMILES string of the molecule is Oc1ccccc1/C=N/N1C(=S)N(C23CC4CC(CC(C4)C2)C3)C(=Nc2ccccc2)C1=Nc1ccccc1. The first kappa shape index (κ1) is 24.2. The van der Waals surface area contributed by atoms with E-state index in [4.69, 9.17) is 27.3 Å². The number of aliphatic imine (C=N–C) groups is 2. The molecule has 0 amide bonds. The van der Waals surface area contributed by atoms with Gasteiger partial charge in [0.05, 0.1) is 17.6 Å². The highest BCUT2D eigenvalue weighted by Crippen LogP contribution is 2.58. The molecule has 0 spiro atoms. The summed E-state index contributed by atoms with van der Waals surface area (Å²) in [7, 11) is 0. The molecule has 4 bridgehead atoms. The Bertz CT molecular complexity index is 1450. The normalized spacial score (nSPS) is 29.8. The number of benzene rings is 3. The second-order valence-corrected chi connectivity index (χ2v) is 11.8. The molecule has 1 saturated heterocycles. The van der Waals surface area contributed by atoms with Crippen molar-refractivity contribution in [3.63, 3.8) is 0 Å². The van der Waals surface area contributed by atoms with Crippen LogP contribution in [0.2, 0.25) is 0 Å². The number of hydrazone groups is 1. The molecule has 1 aliphatic heterocycles. The molecule has 4 aliphatic carbocycles. The third-order valence-corrected chi connectivity index (χ3v) is 9.05. The van der Waals surface area contributed by atoms with Crippen LogP contribution >= 0.6 is 12.2 Å². The third-order valence-electron chi connectivity index (χ3n) is 8.70. The number of hydrogen-bond acceptors (Lipinski definition) is 5. The van der Waals surface area contributed by atoms with Crippen LogP contribution in [0.25, 0.3) is 0 Å². The number of phenols is 1. The molecule has 8 rings (SSSR count). The number of aromatic hydroxyl groups is 1. The number of rotatable bonds is 5. The minimum absolute atomic E-state index is 0.0734. The molecule has 3 aromatic rings. The van der Waals surface area contributed by atoms with Crippen LogP contribution in [0.3, 0.4) is 0 Å². The first-order valence-electron chi connectivity index (χ1n) is 13.8. The van der Waals surface area contributed by atoms with E-state index in [2.05, 4.69) is 4.90 Å². The van der Waals surface area contributed by atoms with Gasteiger partial charge >= 0.3 is 0 Å². The van der Waals surface area contributed by atoms with Gasteiger partial charge in [0.2, 0.25) is 10.9 Å². The van der Waals surface area contributed by atoms with Crippen LogP contribution in [0.5, 0.6) is 5.75 Å². The molecule has 196 valence electrons. The second kappa shape index (κ2) is 9.72. The summed E-state index contributed by atoms with van der Waals surface area (Å²) in [5, 5.41) is 17.6. The summed E-state index contributed by atoms with van der Waals surface area (Å²) in [6, 6.07) is 27.1. The van der Waals surface area contributed by atoms with Crippen molar-refractivity contribution in [2.24, 2.45) is 32.8 Å². The summed E-state index contributed by atoms with van der Waals surface area (Å²) in [6.07, 6.45) is 9.06. The quantitative estimate of drug-likeness (QED) is 0.282. The van der Waals surface area contributed by atoms with Crippen molar-refractivity contribution in [3.8, 4) is 5.75 Å². The van der Waals surface area contributed by atoms with E-state index >= 15 is 0 Å². The Morgan fingerprint density at radius 1 is 0.718 bits per heavy atom. The Hall–Kier alpha value is -3.84. The molecule has 3 aromatic carbocycles. The van der Waals surface area contributed by atoms with Crippen LogP contribution in [0.15, 0.2) is 100 Å². The van der Waals surface area contributed by atoms with Crippen LogP contribution in [0.4, 0.5) is 11.4 Å². The minimum Gasteiger partial charge on any atom is -0.507 e. The van der Waals surface area contributed by atoms with E-state index in [0.717, 1.165) is 54.2 Å². The average Bonchev–Trinajstić information content (AvgIpc) is 3.19. The van der Waals surface area contributed by atoms with E-state index in [-0.39, 0.29) is 11.3 Å². The molecule has 4 saturated carbocycles. The third kappa shape index (κ3) is 4.44. The Balaban J connectivity index is 1.39. The molecular weight excluding hydrogens is 502 g/mol. The predicted molar refractivity (Wildman–Crippen MR) is 160 cm³/mol. The fourth-order valence-electron chi connectivity index (χ4n) is 7.50. The van der Waals surface area contributed by atoms with Gasteiger partial charge in [-0.1, -0.05) is 48.5 Å². The van der Waals surface area contributed by atoms with Crippen LogP contribution in [0.1, 0.15) is 44.1 Å². The summed E-state index contributed by atoms with van der Waals surface area (Å²) in [5.41, 5.74) is 2.22. The lowest BCUT2D eigenvalue weighted by atomic mass is 9.52. The number of hydrogen-bond donors (Lipinski definition) is 1. The summed E-state index contributed by atoms with van der Waals surface area (Å²) in [6.45, 7) is 0. The van der Waals surface area contributed by atoms with Crippen molar-refractivity contribution in [1.29, 1.82) is 0 Å². The lowest BCUT2D eigenvalue weighted by Crippen LogP contribution is -2.61. The highest BCUT2D eigenvalue weighted by molar-refractivity contribution is 7.80. The van der Waals surface area contributed by atoms with Crippen LogP contribution < -0.4 is 0 Å². The van der Waals surface area contributed by atoms with Gasteiger partial charge in [-0.15, -0.1) is 0 Å². The van der Waals surface area contributed by atoms with Crippen molar-refractivity contribution in [2.75, 3.05) is 0 Å². The second-order valence-electron chi connectivity index (χ2n) is 11.4. The lowest BCUT2D eigenvalue weighted by Gasteiger charge is -2.59. The van der Waals surface area contributed by atoms with Gasteiger partial charge < -0.3 is 5.11 Å². The summed E-state index contributed by atoms with van der Waals surface area (Å²) >= 11 is 6.25. The maximum atomic E-state index is 10.4. The van der Waals surface area contributed by atoms with E-state index in [1.165, 1.54) is 19.3 Å². The van der Waals surface area contributed by atoms with E-state index in [1.54, 1.807) is 23.4 Å². The Labute approximate surface area is 234 Å². The van der Waals surface area contributed by atoms with E-state index in [0.29, 0.717) is 16.5 Å². The number of phenolic OH excluding ortho intramolecular Hbond substituents is 1. The average molecular weight is 534 g/mol. The molecule has 0 atom stereocenters. The fraction of sp³-hybridized carbons (Fsp3) is 0.312. The summed E-state index contributed by atoms with van der Waals surface area (Å²) < 4.78 is 0.